The van der Waals surface area contributed by atoms with Crippen LogP contribution >= 0.6 is 0 Å². The normalized spacial score (nSPS) is 19.2. The molecule has 10 nitrogen and oxygen atoms in total. The molecule has 1 spiro atoms. The third-order valence-electron chi connectivity index (χ3n) is 8.70. The van der Waals surface area contributed by atoms with Crippen LogP contribution in [-0.2, 0) is 23.6 Å². The number of aromatic amines is 1. The largest absolute Gasteiger partial charge is 0.434 e. The fourth-order valence-corrected chi connectivity index (χ4v) is 6.77. The number of fused-ring (bicyclic) bond motifs is 2. The summed E-state index contributed by atoms with van der Waals surface area (Å²) in [4.78, 5) is 19.2. The first-order valence-electron chi connectivity index (χ1n) is 13.5. The Bertz CT molecular complexity index is 1740. The lowest BCUT2D eigenvalue weighted by atomic mass is 9.67. The molecule has 0 bridgehead atoms. The van der Waals surface area contributed by atoms with E-state index >= 15 is 0 Å². The van der Waals surface area contributed by atoms with Crippen molar-refractivity contribution in [3.8, 4) is 17.3 Å². The second-order valence-corrected chi connectivity index (χ2v) is 13.3. The lowest BCUT2D eigenvalue weighted by Crippen LogP contribution is -2.45. The number of halogens is 3. The first kappa shape index (κ1) is 28.2. The molecule has 0 saturated carbocycles. The van der Waals surface area contributed by atoms with Crippen LogP contribution in [0.4, 0.5) is 19.1 Å². The summed E-state index contributed by atoms with van der Waals surface area (Å²) in [6.07, 6.45) is 1.17. The predicted molar refractivity (Wildman–Crippen MR) is 150 cm³/mol. The summed E-state index contributed by atoms with van der Waals surface area (Å²) in [5, 5.41) is 22.7. The second kappa shape index (κ2) is 10.1. The van der Waals surface area contributed by atoms with Crippen LogP contribution < -0.4 is 10.0 Å². The summed E-state index contributed by atoms with van der Waals surface area (Å²) in [6, 6.07) is 8.71. The van der Waals surface area contributed by atoms with Crippen LogP contribution in [0.1, 0.15) is 61.7 Å². The molecular weight excluding hydrogens is 567 g/mol. The van der Waals surface area contributed by atoms with E-state index in [4.69, 9.17) is 5.14 Å². The molecule has 14 heteroatoms. The molecule has 218 valence electrons. The molecule has 6 rings (SSSR count). The molecule has 0 aromatic carbocycles. The number of nitrogens with one attached hydrogen (secondary N) is 1. The van der Waals surface area contributed by atoms with Gasteiger partial charge in [-0.3, -0.25) is 20.2 Å². The number of nitrogens with two attached hydrogens (primary N) is 1. The summed E-state index contributed by atoms with van der Waals surface area (Å²) in [6.45, 7) is 5.03. The van der Waals surface area contributed by atoms with Gasteiger partial charge in [0.15, 0.2) is 17.0 Å². The minimum Gasteiger partial charge on any atom is -0.341 e. The average molecular weight is 596 g/mol. The molecule has 2 aliphatic rings. The maximum absolute atomic E-state index is 13.7. The zero-order valence-electron chi connectivity index (χ0n) is 22.9. The van der Waals surface area contributed by atoms with E-state index < -0.39 is 27.6 Å². The molecule has 0 amide bonds. The first-order valence-corrected chi connectivity index (χ1v) is 14.7. The number of hydrogen-bond donors (Lipinski definition) is 2. The minimum absolute atomic E-state index is 0.00918. The van der Waals surface area contributed by atoms with E-state index in [1.807, 2.05) is 30.9 Å². The molecule has 1 saturated heterocycles. The van der Waals surface area contributed by atoms with E-state index in [0.717, 1.165) is 31.2 Å². The summed E-state index contributed by atoms with van der Waals surface area (Å²) < 4.78 is 52.8. The fourth-order valence-electron chi connectivity index (χ4n) is 6.44. The Labute approximate surface area is 242 Å². The van der Waals surface area contributed by atoms with Gasteiger partial charge in [-0.25, -0.2) is 9.19 Å². The molecule has 0 radical (unpaired) electrons. The van der Waals surface area contributed by atoms with Gasteiger partial charge in [-0.05, 0) is 74.6 Å². The van der Waals surface area contributed by atoms with Gasteiger partial charge >= 0.3 is 6.18 Å². The maximum atomic E-state index is 13.7. The molecular formula is C28H28F3N9OS. The van der Waals surface area contributed by atoms with Crippen molar-refractivity contribution >= 4 is 28.0 Å². The SMILES string of the molecule is CC(C)(C[C@@H]1c2cccnc2CC12CCN(c1nc(C#N)c3c(-c4cccnc4C(F)(F)F)[nH]nc3n1)CC2)S(N)=O. The van der Waals surface area contributed by atoms with Crippen LogP contribution in [0.5, 0.6) is 0 Å². The van der Waals surface area contributed by atoms with Crippen LogP contribution in [0, 0.1) is 16.7 Å². The lowest BCUT2D eigenvalue weighted by molar-refractivity contribution is -0.140. The van der Waals surface area contributed by atoms with Crippen molar-refractivity contribution in [1.82, 2.24) is 30.1 Å². The number of pyridine rings is 2. The number of aromatic nitrogens is 6. The highest BCUT2D eigenvalue weighted by Gasteiger charge is 2.50. The highest BCUT2D eigenvalue weighted by molar-refractivity contribution is 7.84. The molecule has 42 heavy (non-hydrogen) atoms. The maximum Gasteiger partial charge on any atom is 0.434 e. The lowest BCUT2D eigenvalue weighted by Gasteiger charge is -2.45. The van der Waals surface area contributed by atoms with Gasteiger partial charge in [-0.15, -0.1) is 0 Å². The Morgan fingerprint density at radius 2 is 1.88 bits per heavy atom. The van der Waals surface area contributed by atoms with E-state index in [1.54, 1.807) is 6.20 Å². The van der Waals surface area contributed by atoms with Crippen LogP contribution in [0.25, 0.3) is 22.3 Å². The molecule has 1 fully saturated rings. The Morgan fingerprint density at radius 3 is 2.57 bits per heavy atom. The summed E-state index contributed by atoms with van der Waals surface area (Å²) in [5.74, 6) is 0.419. The third kappa shape index (κ3) is 4.70. The van der Waals surface area contributed by atoms with Crippen molar-refractivity contribution < 1.29 is 17.4 Å². The van der Waals surface area contributed by atoms with Gasteiger partial charge in [0.05, 0.1) is 26.8 Å². The van der Waals surface area contributed by atoms with E-state index in [1.165, 1.54) is 17.7 Å². The van der Waals surface area contributed by atoms with Gasteiger partial charge in [0.25, 0.3) is 0 Å². The number of H-pyrrole nitrogens is 1. The minimum atomic E-state index is -4.70. The van der Waals surface area contributed by atoms with Crippen LogP contribution in [0.2, 0.25) is 0 Å². The smallest absolute Gasteiger partial charge is 0.341 e. The zero-order valence-corrected chi connectivity index (χ0v) is 23.8. The van der Waals surface area contributed by atoms with Crippen molar-refractivity contribution in [2.45, 2.75) is 56.4 Å². The third-order valence-corrected chi connectivity index (χ3v) is 9.95. The fraction of sp³-hybridized carbons (Fsp3) is 0.429. The predicted octanol–water partition coefficient (Wildman–Crippen LogP) is 4.42. The molecule has 3 N–H and O–H groups in total. The Balaban J connectivity index is 1.31. The molecule has 4 aromatic heterocycles. The molecule has 1 unspecified atom stereocenters. The van der Waals surface area contributed by atoms with E-state index in [-0.39, 0.29) is 39.3 Å². The van der Waals surface area contributed by atoms with Crippen LogP contribution in [0.3, 0.4) is 0 Å². The molecule has 4 aromatic rings. The number of rotatable bonds is 5. The number of alkyl halides is 3. The zero-order chi connectivity index (χ0) is 29.9. The van der Waals surface area contributed by atoms with Gasteiger partial charge in [-0.1, -0.05) is 6.07 Å². The van der Waals surface area contributed by atoms with Gasteiger partial charge in [0, 0.05) is 36.7 Å². The van der Waals surface area contributed by atoms with Gasteiger partial charge in [0.1, 0.15) is 6.07 Å². The van der Waals surface area contributed by atoms with Crippen molar-refractivity contribution in [2.75, 3.05) is 18.0 Å². The average Bonchev–Trinajstić information content (AvgIpc) is 3.51. The molecule has 1 aliphatic carbocycles. The summed E-state index contributed by atoms with van der Waals surface area (Å²) in [7, 11) is -1.50. The summed E-state index contributed by atoms with van der Waals surface area (Å²) in [5.41, 5.74) is 0.813. The van der Waals surface area contributed by atoms with E-state index in [2.05, 4.69) is 36.2 Å². The summed E-state index contributed by atoms with van der Waals surface area (Å²) >= 11 is 0. The second-order valence-electron chi connectivity index (χ2n) is 11.6. The monoisotopic (exact) mass is 595 g/mol. The molecule has 1 aliphatic heterocycles. The highest BCUT2D eigenvalue weighted by Crippen LogP contribution is 2.56. The topological polar surface area (TPSA) is 150 Å². The quantitative estimate of drug-likeness (QED) is 0.344. The van der Waals surface area contributed by atoms with Crippen LogP contribution in [0.15, 0.2) is 36.7 Å². The van der Waals surface area contributed by atoms with E-state index in [9.17, 15) is 22.6 Å². The van der Waals surface area contributed by atoms with Crippen molar-refractivity contribution in [3.63, 3.8) is 0 Å². The van der Waals surface area contributed by atoms with Crippen molar-refractivity contribution in [2.24, 2.45) is 10.6 Å². The Kier molecular flexibility index (Phi) is 6.77. The highest BCUT2D eigenvalue weighted by atomic mass is 32.2. The van der Waals surface area contributed by atoms with Gasteiger partial charge in [-0.2, -0.15) is 28.5 Å². The number of anilines is 1. The van der Waals surface area contributed by atoms with Crippen molar-refractivity contribution in [3.05, 3.63) is 59.3 Å². The van der Waals surface area contributed by atoms with Gasteiger partial charge < -0.3 is 4.90 Å². The number of nitriles is 1. The standard InChI is InChI=1S/C28H28F3N9OS/c1-26(2,42(33)41)13-18-16-5-3-9-34-19(16)14-27(18)7-11-40(12-8-27)25-36-20(15-32)21-22(38-39-24(21)37-25)17-6-4-10-35-23(17)28(29,30)31/h3-6,9-10,18H,7-8,11-14,33H2,1-2H3,(H,36,37,38,39)/t18-,42?/m1/s1. The Morgan fingerprint density at radius 1 is 1.17 bits per heavy atom. The molecule has 2 atom stereocenters. The number of hydrogen-bond acceptors (Lipinski definition) is 8. The van der Waals surface area contributed by atoms with Crippen LogP contribution in [-0.4, -0.2) is 52.2 Å². The first-order chi connectivity index (χ1) is 19.9. The van der Waals surface area contributed by atoms with Gasteiger partial charge in [0.2, 0.25) is 5.95 Å². The Hall–Kier alpha value is -3.96. The number of nitrogens with zero attached hydrogens (tertiary/aromatic N) is 7. The number of piperidine rings is 1. The molecule has 5 heterocycles. The van der Waals surface area contributed by atoms with Crippen molar-refractivity contribution in [1.29, 1.82) is 5.26 Å². The van der Waals surface area contributed by atoms with E-state index in [0.29, 0.717) is 25.5 Å².